The third-order valence-corrected chi connectivity index (χ3v) is 3.42. The van der Waals surface area contributed by atoms with Crippen LogP contribution in [0.2, 0.25) is 0 Å². The molecular formula is C12H10BrN3O2. The Kier molecular flexibility index (Phi) is 2.41. The van der Waals surface area contributed by atoms with Crippen LogP contribution in [0.4, 0.5) is 5.69 Å². The Morgan fingerprint density at radius 3 is 2.78 bits per heavy atom. The molecule has 2 aliphatic rings. The number of benzene rings is 1. The van der Waals surface area contributed by atoms with Crippen LogP contribution >= 0.6 is 15.9 Å². The van der Waals surface area contributed by atoms with E-state index in [4.69, 9.17) is 0 Å². The topological polar surface area (TPSA) is 61.4 Å². The lowest BCUT2D eigenvalue weighted by Crippen LogP contribution is -2.44. The number of hydrogen-bond donors (Lipinski definition) is 2. The smallest absolute Gasteiger partial charge is 0.258 e. The maximum Gasteiger partial charge on any atom is 0.258 e. The number of carbonyl (C=O) groups excluding carboxylic acids is 2. The summed E-state index contributed by atoms with van der Waals surface area (Å²) in [6.45, 7) is 1.97. The van der Waals surface area contributed by atoms with Crippen molar-refractivity contribution in [1.29, 1.82) is 0 Å². The van der Waals surface area contributed by atoms with Gasteiger partial charge in [0.2, 0.25) is 0 Å². The molecule has 1 unspecified atom stereocenters. The Morgan fingerprint density at radius 2 is 2.06 bits per heavy atom. The van der Waals surface area contributed by atoms with E-state index in [1.54, 1.807) is 11.2 Å². The number of hydrazine groups is 1. The van der Waals surface area contributed by atoms with Gasteiger partial charge in [0.1, 0.15) is 0 Å². The molecule has 0 bridgehead atoms. The number of imide groups is 1. The minimum absolute atomic E-state index is 0.297. The molecule has 1 fully saturated rings. The average molecular weight is 308 g/mol. The third-order valence-electron chi connectivity index (χ3n) is 2.96. The van der Waals surface area contributed by atoms with Crippen LogP contribution < -0.4 is 15.8 Å². The number of nitrogens with zero attached hydrogens (tertiary/aromatic N) is 1. The summed E-state index contributed by atoms with van der Waals surface area (Å²) in [5.74, 6) is -0.624. The van der Waals surface area contributed by atoms with Gasteiger partial charge in [-0.25, -0.2) is 0 Å². The summed E-state index contributed by atoms with van der Waals surface area (Å²) in [5.41, 5.74) is 5.32. The minimum Gasteiger partial charge on any atom is -0.304 e. The zero-order chi connectivity index (χ0) is 12.9. The Balaban J connectivity index is 2.00. The molecule has 2 N–H and O–H groups in total. The summed E-state index contributed by atoms with van der Waals surface area (Å²) in [7, 11) is 0. The molecule has 18 heavy (non-hydrogen) atoms. The van der Waals surface area contributed by atoms with Crippen LogP contribution in [0.3, 0.4) is 0 Å². The number of amides is 2. The van der Waals surface area contributed by atoms with E-state index < -0.39 is 6.04 Å². The second kappa shape index (κ2) is 3.84. The predicted octanol–water partition coefficient (Wildman–Crippen LogP) is 0.991. The Labute approximate surface area is 112 Å². The SMILES string of the molecule is Cc1cc(Br)cc(N2NC=C3C(=O)NC(=O)C32)c1. The lowest BCUT2D eigenvalue weighted by atomic mass is 10.1. The fourth-order valence-corrected chi connectivity index (χ4v) is 2.81. The van der Waals surface area contributed by atoms with Crippen molar-refractivity contribution in [3.05, 3.63) is 40.0 Å². The van der Waals surface area contributed by atoms with Crippen LogP contribution in [0.1, 0.15) is 5.56 Å². The third kappa shape index (κ3) is 1.60. The highest BCUT2D eigenvalue weighted by Gasteiger charge is 2.44. The van der Waals surface area contributed by atoms with Crippen LogP contribution in [0.15, 0.2) is 34.4 Å². The van der Waals surface area contributed by atoms with Gasteiger partial charge in [0.15, 0.2) is 6.04 Å². The normalized spacial score (nSPS) is 21.6. The summed E-state index contributed by atoms with van der Waals surface area (Å²) in [6.07, 6.45) is 1.57. The molecule has 92 valence electrons. The highest BCUT2D eigenvalue weighted by molar-refractivity contribution is 9.10. The maximum absolute atomic E-state index is 11.8. The van der Waals surface area contributed by atoms with Crippen molar-refractivity contribution in [2.45, 2.75) is 13.0 Å². The first-order valence-electron chi connectivity index (χ1n) is 5.44. The Morgan fingerprint density at radius 1 is 1.28 bits per heavy atom. The number of rotatable bonds is 1. The van der Waals surface area contributed by atoms with Gasteiger partial charge in [-0.3, -0.25) is 19.9 Å². The largest absolute Gasteiger partial charge is 0.304 e. The molecule has 0 radical (unpaired) electrons. The summed E-state index contributed by atoms with van der Waals surface area (Å²) in [6, 6.07) is 5.25. The van der Waals surface area contributed by atoms with Crippen LogP contribution in [0.25, 0.3) is 0 Å². The summed E-state index contributed by atoms with van der Waals surface area (Å²) in [4.78, 5) is 23.3. The van der Waals surface area contributed by atoms with Crippen LogP contribution in [-0.2, 0) is 9.59 Å². The van der Waals surface area contributed by atoms with E-state index in [-0.39, 0.29) is 11.8 Å². The number of carbonyl (C=O) groups is 2. The summed E-state index contributed by atoms with van der Waals surface area (Å²) in [5, 5.41) is 4.00. The van der Waals surface area contributed by atoms with Crippen molar-refractivity contribution in [2.24, 2.45) is 0 Å². The van der Waals surface area contributed by atoms with Crippen molar-refractivity contribution in [1.82, 2.24) is 10.7 Å². The van der Waals surface area contributed by atoms with E-state index in [2.05, 4.69) is 26.7 Å². The fourth-order valence-electron chi connectivity index (χ4n) is 2.21. The first-order valence-corrected chi connectivity index (χ1v) is 6.23. The van der Waals surface area contributed by atoms with Gasteiger partial charge < -0.3 is 5.43 Å². The number of aryl methyl sites for hydroxylation is 1. The van der Waals surface area contributed by atoms with E-state index in [9.17, 15) is 9.59 Å². The molecule has 1 aromatic rings. The molecule has 2 aliphatic heterocycles. The van der Waals surface area contributed by atoms with Gasteiger partial charge in [0, 0.05) is 10.7 Å². The minimum atomic E-state index is -0.578. The lowest BCUT2D eigenvalue weighted by molar-refractivity contribution is -0.124. The van der Waals surface area contributed by atoms with Gasteiger partial charge >= 0.3 is 0 Å². The molecule has 2 amide bonds. The standard InChI is InChI=1S/C12H10BrN3O2/c1-6-2-7(13)4-8(3-6)16-10-9(5-14-16)11(17)15-12(10)18/h2-5,10,14H,1H3,(H,15,17,18). The predicted molar refractivity (Wildman–Crippen MR) is 69.5 cm³/mol. The fraction of sp³-hybridized carbons (Fsp3) is 0.167. The highest BCUT2D eigenvalue weighted by Crippen LogP contribution is 2.29. The van der Waals surface area contributed by atoms with Gasteiger partial charge in [0.25, 0.3) is 11.8 Å². The van der Waals surface area contributed by atoms with E-state index in [1.165, 1.54) is 0 Å². The molecule has 5 nitrogen and oxygen atoms in total. The van der Waals surface area contributed by atoms with Gasteiger partial charge in [-0.1, -0.05) is 15.9 Å². The quantitative estimate of drug-likeness (QED) is 0.760. The van der Waals surface area contributed by atoms with E-state index in [1.807, 2.05) is 25.1 Å². The van der Waals surface area contributed by atoms with Gasteiger partial charge in [-0.2, -0.15) is 0 Å². The van der Waals surface area contributed by atoms with Crippen LogP contribution in [0, 0.1) is 6.92 Å². The van der Waals surface area contributed by atoms with Crippen molar-refractivity contribution in [3.8, 4) is 0 Å². The first kappa shape index (κ1) is 11.3. The lowest BCUT2D eigenvalue weighted by Gasteiger charge is -2.24. The number of hydrogen-bond acceptors (Lipinski definition) is 4. The summed E-state index contributed by atoms with van der Waals surface area (Å²) < 4.78 is 0.928. The zero-order valence-electron chi connectivity index (χ0n) is 9.53. The first-order chi connectivity index (χ1) is 8.56. The number of fused-ring (bicyclic) bond motifs is 1. The molecule has 6 heteroatoms. The molecule has 1 saturated heterocycles. The number of anilines is 1. The Hall–Kier alpha value is -1.82. The molecule has 0 aromatic heterocycles. The number of nitrogens with one attached hydrogen (secondary N) is 2. The van der Waals surface area contributed by atoms with Gasteiger partial charge in [-0.05, 0) is 30.7 Å². The molecule has 0 aliphatic carbocycles. The molecule has 2 heterocycles. The van der Waals surface area contributed by atoms with Gasteiger partial charge in [-0.15, -0.1) is 0 Å². The maximum atomic E-state index is 11.8. The molecular weight excluding hydrogens is 298 g/mol. The zero-order valence-corrected chi connectivity index (χ0v) is 11.1. The van der Waals surface area contributed by atoms with E-state index in [0.29, 0.717) is 5.57 Å². The molecule has 0 saturated carbocycles. The Bertz CT molecular complexity index is 577. The average Bonchev–Trinajstić information content (AvgIpc) is 2.81. The summed E-state index contributed by atoms with van der Waals surface area (Å²) >= 11 is 3.42. The van der Waals surface area contributed by atoms with E-state index >= 15 is 0 Å². The molecule has 1 aromatic carbocycles. The highest BCUT2D eigenvalue weighted by atomic mass is 79.9. The molecule has 1 atom stereocenters. The second-order valence-electron chi connectivity index (χ2n) is 4.31. The van der Waals surface area contributed by atoms with E-state index in [0.717, 1.165) is 15.7 Å². The van der Waals surface area contributed by atoms with Crippen molar-refractivity contribution < 1.29 is 9.59 Å². The van der Waals surface area contributed by atoms with Crippen molar-refractivity contribution in [3.63, 3.8) is 0 Å². The molecule has 0 spiro atoms. The van der Waals surface area contributed by atoms with Gasteiger partial charge in [0.05, 0.1) is 11.3 Å². The van der Waals surface area contributed by atoms with Crippen molar-refractivity contribution in [2.75, 3.05) is 5.01 Å². The number of halogens is 1. The van der Waals surface area contributed by atoms with Crippen LogP contribution in [-0.4, -0.2) is 17.9 Å². The molecule has 3 rings (SSSR count). The van der Waals surface area contributed by atoms with Crippen molar-refractivity contribution >= 4 is 33.4 Å². The van der Waals surface area contributed by atoms with Crippen LogP contribution in [0.5, 0.6) is 0 Å². The monoisotopic (exact) mass is 307 g/mol. The second-order valence-corrected chi connectivity index (χ2v) is 5.22.